The van der Waals surface area contributed by atoms with Crippen LogP contribution in [0.3, 0.4) is 0 Å². The quantitative estimate of drug-likeness (QED) is 0.327. The summed E-state index contributed by atoms with van der Waals surface area (Å²) in [5.41, 5.74) is 1.65. The SMILES string of the molecule is C=CCNC(=O)C(C#N)=Cc1c(NCc2ccc3c(c2)OCO3)nc2c(C)cccn2c1=O. The molecule has 0 radical (unpaired) electrons. The van der Waals surface area contributed by atoms with E-state index in [0.717, 1.165) is 11.1 Å². The van der Waals surface area contributed by atoms with Crippen molar-refractivity contribution in [2.75, 3.05) is 18.7 Å². The molecule has 9 heteroatoms. The number of rotatable bonds is 7. The molecule has 0 saturated carbocycles. The molecule has 0 unspecified atom stereocenters. The molecule has 0 aliphatic carbocycles. The monoisotopic (exact) mass is 443 g/mol. The third-order valence-electron chi connectivity index (χ3n) is 5.04. The van der Waals surface area contributed by atoms with Crippen LogP contribution in [0.25, 0.3) is 11.7 Å². The largest absolute Gasteiger partial charge is 0.454 e. The second-order valence-corrected chi connectivity index (χ2v) is 7.27. The Balaban J connectivity index is 1.76. The number of anilines is 1. The first-order valence-electron chi connectivity index (χ1n) is 10.2. The van der Waals surface area contributed by atoms with Crippen molar-refractivity contribution in [2.24, 2.45) is 0 Å². The van der Waals surface area contributed by atoms with Crippen LogP contribution in [0.5, 0.6) is 11.5 Å². The second-order valence-electron chi connectivity index (χ2n) is 7.27. The number of aryl methyl sites for hydroxylation is 1. The first-order chi connectivity index (χ1) is 16.0. The van der Waals surface area contributed by atoms with Gasteiger partial charge in [-0.15, -0.1) is 6.58 Å². The fourth-order valence-electron chi connectivity index (χ4n) is 3.37. The zero-order valence-corrected chi connectivity index (χ0v) is 17.9. The highest BCUT2D eigenvalue weighted by Crippen LogP contribution is 2.32. The van der Waals surface area contributed by atoms with Crippen molar-refractivity contribution in [1.82, 2.24) is 14.7 Å². The molecule has 0 spiro atoms. The number of pyridine rings is 1. The van der Waals surface area contributed by atoms with Crippen molar-refractivity contribution in [3.63, 3.8) is 0 Å². The highest BCUT2D eigenvalue weighted by molar-refractivity contribution is 6.02. The van der Waals surface area contributed by atoms with Crippen molar-refractivity contribution in [3.05, 3.63) is 81.8 Å². The summed E-state index contributed by atoms with van der Waals surface area (Å²) in [4.78, 5) is 30.3. The Labute approximate surface area is 189 Å². The number of aromatic nitrogens is 2. The zero-order valence-electron chi connectivity index (χ0n) is 17.9. The number of nitrogens with one attached hydrogen (secondary N) is 2. The third-order valence-corrected chi connectivity index (χ3v) is 5.04. The van der Waals surface area contributed by atoms with Crippen LogP contribution in [-0.2, 0) is 11.3 Å². The Kier molecular flexibility index (Phi) is 6.09. The molecule has 0 atom stereocenters. The van der Waals surface area contributed by atoms with Gasteiger partial charge < -0.3 is 20.1 Å². The van der Waals surface area contributed by atoms with E-state index in [1.807, 2.05) is 37.3 Å². The van der Waals surface area contributed by atoms with Gasteiger partial charge in [0.1, 0.15) is 23.1 Å². The average Bonchev–Trinajstić information content (AvgIpc) is 3.29. The molecule has 9 nitrogen and oxygen atoms in total. The lowest BCUT2D eigenvalue weighted by molar-refractivity contribution is -0.116. The third kappa shape index (κ3) is 4.41. The predicted molar refractivity (Wildman–Crippen MR) is 123 cm³/mol. The molecule has 0 saturated heterocycles. The summed E-state index contributed by atoms with van der Waals surface area (Å²) in [5.74, 6) is 0.968. The number of benzene rings is 1. The molecule has 3 aromatic rings. The number of ether oxygens (including phenoxy) is 2. The summed E-state index contributed by atoms with van der Waals surface area (Å²) in [6, 6.07) is 11.0. The summed E-state index contributed by atoms with van der Waals surface area (Å²) >= 11 is 0. The van der Waals surface area contributed by atoms with Gasteiger partial charge in [-0.05, 0) is 42.3 Å². The topological polar surface area (TPSA) is 118 Å². The molecular formula is C24H21N5O4. The maximum atomic E-state index is 13.3. The van der Waals surface area contributed by atoms with E-state index in [9.17, 15) is 14.9 Å². The van der Waals surface area contributed by atoms with E-state index < -0.39 is 11.5 Å². The van der Waals surface area contributed by atoms with E-state index in [0.29, 0.717) is 23.7 Å². The van der Waals surface area contributed by atoms with Gasteiger partial charge in [0, 0.05) is 19.3 Å². The number of fused-ring (bicyclic) bond motifs is 2. The molecule has 1 aliphatic heterocycles. The minimum absolute atomic E-state index is 0.101. The smallest absolute Gasteiger partial charge is 0.267 e. The van der Waals surface area contributed by atoms with Gasteiger partial charge >= 0.3 is 0 Å². The van der Waals surface area contributed by atoms with Crippen LogP contribution >= 0.6 is 0 Å². The van der Waals surface area contributed by atoms with E-state index >= 15 is 0 Å². The van der Waals surface area contributed by atoms with Crippen LogP contribution in [0.15, 0.2) is 59.6 Å². The molecule has 0 bridgehead atoms. The maximum absolute atomic E-state index is 13.3. The average molecular weight is 443 g/mol. The second kappa shape index (κ2) is 9.28. The summed E-state index contributed by atoms with van der Waals surface area (Å²) in [6.45, 7) is 6.09. The van der Waals surface area contributed by atoms with Crippen molar-refractivity contribution >= 4 is 23.4 Å². The summed E-state index contributed by atoms with van der Waals surface area (Å²) in [5, 5.41) is 15.2. The Hall–Kier alpha value is -4.58. The standard InChI is InChI=1S/C24H21N5O4/c1-3-8-26-23(30)17(12-25)11-18-21(28-22-15(2)5-4-9-29(22)24(18)31)27-13-16-6-7-19-20(10-16)33-14-32-19/h3-7,9-11,27H,1,8,13-14H2,2H3,(H,26,30). The maximum Gasteiger partial charge on any atom is 0.267 e. The van der Waals surface area contributed by atoms with Gasteiger partial charge in [0.25, 0.3) is 11.5 Å². The van der Waals surface area contributed by atoms with Crippen LogP contribution in [0, 0.1) is 18.3 Å². The molecule has 1 amide bonds. The van der Waals surface area contributed by atoms with Gasteiger partial charge in [0.15, 0.2) is 11.5 Å². The molecular weight excluding hydrogens is 422 g/mol. The first-order valence-corrected chi connectivity index (χ1v) is 10.2. The molecule has 2 aromatic heterocycles. The van der Waals surface area contributed by atoms with Crippen LogP contribution in [-0.4, -0.2) is 28.6 Å². The van der Waals surface area contributed by atoms with E-state index in [1.54, 1.807) is 12.3 Å². The highest BCUT2D eigenvalue weighted by Gasteiger charge is 2.17. The van der Waals surface area contributed by atoms with E-state index in [2.05, 4.69) is 22.2 Å². The van der Waals surface area contributed by atoms with Gasteiger partial charge in [-0.2, -0.15) is 5.26 Å². The van der Waals surface area contributed by atoms with Gasteiger partial charge in [0.05, 0.1) is 5.56 Å². The van der Waals surface area contributed by atoms with Gasteiger partial charge in [-0.1, -0.05) is 18.2 Å². The number of carbonyl (C=O) groups is 1. The first kappa shape index (κ1) is 21.6. The number of hydrogen-bond donors (Lipinski definition) is 2. The number of nitrogens with zero attached hydrogens (tertiary/aromatic N) is 3. The molecule has 1 aliphatic rings. The zero-order chi connectivity index (χ0) is 23.4. The summed E-state index contributed by atoms with van der Waals surface area (Å²) in [6.07, 6.45) is 4.35. The van der Waals surface area contributed by atoms with Crippen molar-refractivity contribution in [1.29, 1.82) is 5.26 Å². The van der Waals surface area contributed by atoms with E-state index in [1.165, 1.54) is 16.6 Å². The molecule has 166 valence electrons. The Morgan fingerprint density at radius 3 is 2.94 bits per heavy atom. The van der Waals surface area contributed by atoms with Gasteiger partial charge in [-0.3, -0.25) is 14.0 Å². The number of amides is 1. The normalized spacial score (nSPS) is 12.3. The van der Waals surface area contributed by atoms with Crippen LogP contribution in [0.1, 0.15) is 16.7 Å². The minimum Gasteiger partial charge on any atom is -0.454 e. The highest BCUT2D eigenvalue weighted by atomic mass is 16.7. The Bertz CT molecular complexity index is 1380. The molecule has 1 aromatic carbocycles. The predicted octanol–water partition coefficient (Wildman–Crippen LogP) is 2.55. The van der Waals surface area contributed by atoms with Crippen LogP contribution in [0.2, 0.25) is 0 Å². The van der Waals surface area contributed by atoms with Crippen LogP contribution in [0.4, 0.5) is 5.82 Å². The molecule has 2 N–H and O–H groups in total. The summed E-state index contributed by atoms with van der Waals surface area (Å²) in [7, 11) is 0. The fraction of sp³-hybridized carbons (Fsp3) is 0.167. The lowest BCUT2D eigenvalue weighted by atomic mass is 10.1. The molecule has 0 fully saturated rings. The van der Waals surface area contributed by atoms with Crippen molar-refractivity contribution < 1.29 is 14.3 Å². The molecule has 3 heterocycles. The fourth-order valence-corrected chi connectivity index (χ4v) is 3.37. The molecule has 4 rings (SSSR count). The van der Waals surface area contributed by atoms with Crippen molar-refractivity contribution in [2.45, 2.75) is 13.5 Å². The van der Waals surface area contributed by atoms with Crippen molar-refractivity contribution in [3.8, 4) is 17.6 Å². The Morgan fingerprint density at radius 1 is 1.33 bits per heavy atom. The minimum atomic E-state index is -0.604. The summed E-state index contributed by atoms with van der Waals surface area (Å²) < 4.78 is 12.1. The number of carbonyl (C=O) groups excluding carboxylic acids is 1. The Morgan fingerprint density at radius 2 is 2.15 bits per heavy atom. The van der Waals surface area contributed by atoms with E-state index in [-0.39, 0.29) is 30.3 Å². The lowest BCUT2D eigenvalue weighted by Gasteiger charge is -2.13. The van der Waals surface area contributed by atoms with Gasteiger partial charge in [0.2, 0.25) is 6.79 Å². The number of nitriles is 1. The van der Waals surface area contributed by atoms with Crippen LogP contribution < -0.4 is 25.7 Å². The van der Waals surface area contributed by atoms with Gasteiger partial charge in [-0.25, -0.2) is 4.98 Å². The lowest BCUT2D eigenvalue weighted by Crippen LogP contribution is -2.25. The number of hydrogen-bond acceptors (Lipinski definition) is 7. The van der Waals surface area contributed by atoms with E-state index in [4.69, 9.17) is 9.47 Å². The molecule has 33 heavy (non-hydrogen) atoms.